The van der Waals surface area contributed by atoms with Crippen molar-refractivity contribution < 1.29 is 14.3 Å². The van der Waals surface area contributed by atoms with Gasteiger partial charge in [0.2, 0.25) is 0 Å². The van der Waals surface area contributed by atoms with Crippen molar-refractivity contribution in [1.82, 2.24) is 5.32 Å². The van der Waals surface area contributed by atoms with Gasteiger partial charge in [-0.1, -0.05) is 32.3 Å². The minimum Gasteiger partial charge on any atom is -0.492 e. The molecular formula is C17H25NO3. The van der Waals surface area contributed by atoms with Crippen LogP contribution in [0.4, 0.5) is 0 Å². The summed E-state index contributed by atoms with van der Waals surface area (Å²) in [6, 6.07) is 5.93. The van der Waals surface area contributed by atoms with Crippen LogP contribution in [-0.4, -0.2) is 25.2 Å². The quantitative estimate of drug-likeness (QED) is 0.645. The minimum atomic E-state index is -0.291. The number of rotatable bonds is 6. The number of hydrogen-bond acceptors (Lipinski definition) is 4. The Morgan fingerprint density at radius 3 is 3.00 bits per heavy atom. The molecule has 1 N–H and O–H groups in total. The van der Waals surface area contributed by atoms with E-state index in [4.69, 9.17) is 9.47 Å². The van der Waals surface area contributed by atoms with Crippen molar-refractivity contribution in [2.24, 2.45) is 0 Å². The van der Waals surface area contributed by atoms with Gasteiger partial charge in [0.25, 0.3) is 0 Å². The van der Waals surface area contributed by atoms with Crippen molar-refractivity contribution >= 4 is 5.97 Å². The summed E-state index contributed by atoms with van der Waals surface area (Å²) in [5.74, 6) is 0.506. The van der Waals surface area contributed by atoms with Crippen molar-refractivity contribution in [2.75, 3.05) is 13.2 Å². The molecule has 2 rings (SSSR count). The highest BCUT2D eigenvalue weighted by Gasteiger charge is 2.18. The highest BCUT2D eigenvalue weighted by Crippen LogP contribution is 2.24. The molecule has 1 heterocycles. The van der Waals surface area contributed by atoms with Crippen molar-refractivity contribution in [3.05, 3.63) is 29.3 Å². The van der Waals surface area contributed by atoms with E-state index < -0.39 is 0 Å². The second-order valence-electron chi connectivity index (χ2n) is 5.43. The maximum absolute atomic E-state index is 11.8. The Morgan fingerprint density at radius 1 is 1.38 bits per heavy atom. The molecule has 4 nitrogen and oxygen atoms in total. The van der Waals surface area contributed by atoms with E-state index in [0.717, 1.165) is 24.3 Å². The van der Waals surface area contributed by atoms with Gasteiger partial charge in [0.15, 0.2) is 0 Å². The molecule has 116 valence electrons. The van der Waals surface area contributed by atoms with Crippen LogP contribution in [-0.2, 0) is 11.3 Å². The van der Waals surface area contributed by atoms with Crippen LogP contribution in [0.25, 0.3) is 0 Å². The molecule has 1 unspecified atom stereocenters. The molecule has 0 fully saturated rings. The summed E-state index contributed by atoms with van der Waals surface area (Å²) >= 11 is 0. The summed E-state index contributed by atoms with van der Waals surface area (Å²) in [4.78, 5) is 11.8. The minimum absolute atomic E-state index is 0.291. The standard InChI is InChI=1S/C17H25NO3/c1-3-5-6-7-15-12-21-16-10-13(17(19)20-4-2)8-9-14(16)11-18-15/h8-10,15,18H,3-7,11-12H2,1-2H3. The average molecular weight is 291 g/mol. The third-order valence-electron chi connectivity index (χ3n) is 3.76. The van der Waals surface area contributed by atoms with E-state index >= 15 is 0 Å². The first-order valence-electron chi connectivity index (χ1n) is 7.90. The molecule has 4 heteroatoms. The van der Waals surface area contributed by atoms with E-state index in [0.29, 0.717) is 24.8 Å². The molecule has 0 bridgehead atoms. The predicted octanol–water partition coefficient (Wildman–Crippen LogP) is 3.29. The van der Waals surface area contributed by atoms with Gasteiger partial charge in [0, 0.05) is 18.2 Å². The highest BCUT2D eigenvalue weighted by molar-refractivity contribution is 5.90. The van der Waals surface area contributed by atoms with E-state index in [1.54, 1.807) is 12.1 Å². The van der Waals surface area contributed by atoms with Gasteiger partial charge < -0.3 is 14.8 Å². The van der Waals surface area contributed by atoms with Crippen molar-refractivity contribution in [1.29, 1.82) is 0 Å². The van der Waals surface area contributed by atoms with E-state index in [2.05, 4.69) is 12.2 Å². The van der Waals surface area contributed by atoms with Gasteiger partial charge in [-0.3, -0.25) is 0 Å². The Hall–Kier alpha value is -1.55. The fourth-order valence-electron chi connectivity index (χ4n) is 2.51. The van der Waals surface area contributed by atoms with Gasteiger partial charge in [0.05, 0.1) is 12.2 Å². The maximum Gasteiger partial charge on any atom is 0.338 e. The normalized spacial score (nSPS) is 17.5. The lowest BCUT2D eigenvalue weighted by Gasteiger charge is -2.14. The molecule has 1 aromatic carbocycles. The molecule has 21 heavy (non-hydrogen) atoms. The molecule has 0 aliphatic carbocycles. The Kier molecular flexibility index (Phi) is 6.05. The second kappa shape index (κ2) is 8.03. The van der Waals surface area contributed by atoms with Crippen LogP contribution in [0.2, 0.25) is 0 Å². The SMILES string of the molecule is CCCCCC1COc2cc(C(=O)OCC)ccc2CN1. The first-order valence-corrected chi connectivity index (χ1v) is 7.90. The fourth-order valence-corrected chi connectivity index (χ4v) is 2.51. The van der Waals surface area contributed by atoms with Crippen molar-refractivity contribution in [3.8, 4) is 5.75 Å². The third kappa shape index (κ3) is 4.46. The largest absolute Gasteiger partial charge is 0.492 e. The first kappa shape index (κ1) is 15.8. The van der Waals surface area contributed by atoms with Crippen LogP contribution in [0, 0.1) is 0 Å². The molecule has 1 aliphatic rings. The second-order valence-corrected chi connectivity index (χ2v) is 5.43. The van der Waals surface area contributed by atoms with Crippen LogP contribution in [0.3, 0.4) is 0 Å². The topological polar surface area (TPSA) is 47.6 Å². The third-order valence-corrected chi connectivity index (χ3v) is 3.76. The Morgan fingerprint density at radius 2 is 2.24 bits per heavy atom. The summed E-state index contributed by atoms with van der Waals surface area (Å²) in [6.07, 6.45) is 4.85. The monoisotopic (exact) mass is 291 g/mol. The zero-order chi connectivity index (χ0) is 15.1. The van der Waals surface area contributed by atoms with E-state index in [1.165, 1.54) is 19.3 Å². The van der Waals surface area contributed by atoms with Crippen LogP contribution in [0.5, 0.6) is 5.75 Å². The van der Waals surface area contributed by atoms with Crippen LogP contribution >= 0.6 is 0 Å². The van der Waals surface area contributed by atoms with Gasteiger partial charge in [-0.2, -0.15) is 0 Å². The first-order chi connectivity index (χ1) is 10.2. The van der Waals surface area contributed by atoms with Gasteiger partial charge in [0.1, 0.15) is 12.4 Å². The molecule has 1 aromatic rings. The number of carbonyl (C=O) groups excluding carboxylic acids is 1. The summed E-state index contributed by atoms with van der Waals surface area (Å²) < 4.78 is 10.9. The molecule has 0 spiro atoms. The summed E-state index contributed by atoms with van der Waals surface area (Å²) in [7, 11) is 0. The number of benzene rings is 1. The Balaban J connectivity index is 1.99. The Labute approximate surface area is 126 Å². The van der Waals surface area contributed by atoms with E-state index in [1.807, 2.05) is 13.0 Å². The highest BCUT2D eigenvalue weighted by atomic mass is 16.5. The number of esters is 1. The van der Waals surface area contributed by atoms with Gasteiger partial charge in [-0.15, -0.1) is 0 Å². The molecule has 0 aromatic heterocycles. The zero-order valence-electron chi connectivity index (χ0n) is 13.0. The van der Waals surface area contributed by atoms with Crippen molar-refractivity contribution in [3.63, 3.8) is 0 Å². The lowest BCUT2D eigenvalue weighted by molar-refractivity contribution is 0.0526. The van der Waals surface area contributed by atoms with E-state index in [-0.39, 0.29) is 5.97 Å². The molecule has 0 saturated heterocycles. The smallest absolute Gasteiger partial charge is 0.338 e. The Bertz CT molecular complexity index is 473. The van der Waals surface area contributed by atoms with Crippen molar-refractivity contribution in [2.45, 2.75) is 52.1 Å². The van der Waals surface area contributed by atoms with Crippen LogP contribution < -0.4 is 10.1 Å². The lowest BCUT2D eigenvalue weighted by Crippen LogP contribution is -2.31. The number of fused-ring (bicyclic) bond motifs is 1. The molecule has 1 aliphatic heterocycles. The van der Waals surface area contributed by atoms with Crippen LogP contribution in [0.1, 0.15) is 55.5 Å². The summed E-state index contributed by atoms with van der Waals surface area (Å²) in [5, 5.41) is 3.53. The molecule has 1 atom stereocenters. The molecule has 0 amide bonds. The number of ether oxygens (including phenoxy) is 2. The van der Waals surface area contributed by atoms with Gasteiger partial charge in [-0.25, -0.2) is 4.79 Å². The fraction of sp³-hybridized carbons (Fsp3) is 0.588. The number of unbranched alkanes of at least 4 members (excludes halogenated alkanes) is 2. The van der Waals surface area contributed by atoms with Gasteiger partial charge in [-0.05, 0) is 25.5 Å². The number of carbonyl (C=O) groups is 1. The summed E-state index contributed by atoms with van der Waals surface area (Å²) in [6.45, 7) is 5.85. The van der Waals surface area contributed by atoms with Gasteiger partial charge >= 0.3 is 5.97 Å². The maximum atomic E-state index is 11.8. The lowest BCUT2D eigenvalue weighted by atomic mass is 10.1. The molecule has 0 saturated carbocycles. The zero-order valence-corrected chi connectivity index (χ0v) is 13.0. The van der Waals surface area contributed by atoms with Crippen LogP contribution in [0.15, 0.2) is 18.2 Å². The predicted molar refractivity (Wildman–Crippen MR) is 82.7 cm³/mol. The molecular weight excluding hydrogens is 266 g/mol. The number of nitrogens with one attached hydrogen (secondary N) is 1. The average Bonchev–Trinajstić information content (AvgIpc) is 2.70. The number of hydrogen-bond donors (Lipinski definition) is 1. The van der Waals surface area contributed by atoms with E-state index in [9.17, 15) is 4.79 Å². The summed E-state index contributed by atoms with van der Waals surface area (Å²) in [5.41, 5.74) is 1.65. The molecule has 0 radical (unpaired) electrons.